The number of nitrogens with zero attached hydrogens (tertiary/aromatic N) is 12. The summed E-state index contributed by atoms with van der Waals surface area (Å²) >= 11 is 0. The molecule has 5 heterocycles. The van der Waals surface area contributed by atoms with Gasteiger partial charge in [-0.15, -0.1) is 0 Å². The molecule has 289 valence electrons. The van der Waals surface area contributed by atoms with Gasteiger partial charge in [0.1, 0.15) is 22.7 Å². The Kier molecular flexibility index (Phi) is 8.63. The van der Waals surface area contributed by atoms with Crippen LogP contribution in [-0.2, 0) is 16.8 Å². The van der Waals surface area contributed by atoms with Crippen LogP contribution >= 0.6 is 0 Å². The molecule has 0 amide bonds. The molecule has 3 aromatic heterocycles. The molecule has 0 unspecified atom stereocenters. The molecule has 0 saturated carbocycles. The zero-order valence-corrected chi connectivity index (χ0v) is 35.7. The molecule has 0 atom stereocenters. The average Bonchev–Trinajstić information content (AvgIpc) is 3.85. The van der Waals surface area contributed by atoms with Crippen LogP contribution in [-0.4, -0.2) is 114 Å². The van der Waals surface area contributed by atoms with Crippen molar-refractivity contribution in [3.05, 3.63) is 72.8 Å². The fourth-order valence-corrected chi connectivity index (χ4v) is 8.01. The average molecular weight is 804 g/mol. The third-order valence-electron chi connectivity index (χ3n) is 10.6. The van der Waals surface area contributed by atoms with Gasteiger partial charge < -0.3 is 29.9 Å². The molecule has 0 N–H and O–H groups in total. The van der Waals surface area contributed by atoms with Crippen molar-refractivity contribution >= 4 is 66.9 Å². The van der Waals surface area contributed by atoms with Gasteiger partial charge in [-0.3, -0.25) is 17.9 Å². The van der Waals surface area contributed by atoms with Crippen LogP contribution in [0.15, 0.2) is 72.8 Å². The monoisotopic (exact) mass is 803 g/mol. The van der Waals surface area contributed by atoms with Gasteiger partial charge in [0.2, 0.25) is 0 Å². The fourth-order valence-electron chi connectivity index (χ4n) is 8.01. The van der Waals surface area contributed by atoms with Gasteiger partial charge in [-0.05, 0) is 24.3 Å². The van der Waals surface area contributed by atoms with Gasteiger partial charge in [-0.25, -0.2) is 9.97 Å². The van der Waals surface area contributed by atoms with Crippen LogP contribution in [0.2, 0.25) is 0 Å². The Bertz CT molecular complexity index is 2770. The van der Waals surface area contributed by atoms with E-state index in [1.54, 1.807) is 0 Å². The Morgan fingerprint density at radius 2 is 0.667 bits per heavy atom. The number of benzene rings is 4. The standard InChI is InChI=1S/C44H48N12.Co/c1-53(2,3)29-21-13-17-25-33(29)41-45-37(25)50-42-35-27(19-15-23-31(35)55(7,8)9)39(47-42)52-44-36-28(20-16-24-32(36)56(10,11)12)40(48-44)51-43-34-26(38(46-43)49-41)18-14-22-30(34)54(4,5)6;/h13-24H,1-12H3;/q2*+2. The molecule has 0 fully saturated rings. The number of aromatic nitrogens is 8. The quantitative estimate of drug-likeness (QED) is 0.177. The van der Waals surface area contributed by atoms with Crippen LogP contribution in [0, 0.1) is 0 Å². The second-order valence-corrected chi connectivity index (χ2v) is 18.3. The Labute approximate surface area is 343 Å². The molecule has 57 heavy (non-hydrogen) atoms. The summed E-state index contributed by atoms with van der Waals surface area (Å²) in [5, 5.41) is 3.64. The van der Waals surface area contributed by atoms with Crippen LogP contribution in [0.25, 0.3) is 89.7 Å². The first kappa shape index (κ1) is 38.5. The smallest absolute Gasteiger partial charge is 0.357 e. The van der Waals surface area contributed by atoms with Gasteiger partial charge in [0.25, 0.3) is 0 Å². The fraction of sp³-hybridized carbons (Fsp3) is 0.273. The summed E-state index contributed by atoms with van der Waals surface area (Å²) in [7, 11) is 25.8. The SMILES string of the molecule is C[N+](C)(C)c1cccc2c1-c1nc-2nc2[n-]c(nc3nc(nc4[n-]c(n1)c1cccc([N+](C)(C)C)c41)-c1cccc([N+](C)(C)C)c1-3)c1cccc([N+](C)(C)C)c21.[Co+2]. The van der Waals surface area contributed by atoms with E-state index in [1.165, 1.54) is 0 Å². The molecule has 2 aliphatic rings. The summed E-state index contributed by atoms with van der Waals surface area (Å²) in [4.78, 5) is 42.2. The third-order valence-corrected chi connectivity index (χ3v) is 10.6. The minimum Gasteiger partial charge on any atom is -0.357 e. The molecule has 8 bridgehead atoms. The number of quaternary nitrogens is 4. The van der Waals surface area contributed by atoms with Crippen LogP contribution in [0.5, 0.6) is 0 Å². The van der Waals surface area contributed by atoms with Crippen molar-refractivity contribution in [1.82, 2.24) is 57.8 Å². The zero-order chi connectivity index (χ0) is 39.7. The van der Waals surface area contributed by atoms with E-state index in [4.69, 9.17) is 39.9 Å². The van der Waals surface area contributed by atoms with E-state index >= 15 is 0 Å². The number of fused-ring (bicyclic) bond motifs is 20. The second kappa shape index (κ2) is 12.8. The Morgan fingerprint density at radius 1 is 0.351 bits per heavy atom. The van der Waals surface area contributed by atoms with E-state index < -0.39 is 0 Å². The molecule has 0 aliphatic carbocycles. The topological polar surface area (TPSA) is 106 Å². The van der Waals surface area contributed by atoms with Crippen molar-refractivity contribution < 1.29 is 16.8 Å². The summed E-state index contributed by atoms with van der Waals surface area (Å²) in [6.45, 7) is 0. The maximum Gasteiger partial charge on any atom is 2.00 e. The van der Waals surface area contributed by atoms with Crippen molar-refractivity contribution in [2.45, 2.75) is 0 Å². The van der Waals surface area contributed by atoms with Gasteiger partial charge in [0, 0.05) is 44.5 Å². The van der Waals surface area contributed by atoms with Gasteiger partial charge in [-0.2, -0.15) is 0 Å². The van der Waals surface area contributed by atoms with E-state index in [1.807, 2.05) is 0 Å². The molecule has 7 aromatic rings. The van der Waals surface area contributed by atoms with E-state index in [2.05, 4.69) is 157 Å². The Hall–Kier alpha value is -5.41. The summed E-state index contributed by atoms with van der Waals surface area (Å²) in [5.41, 5.74) is 10.1. The molecule has 12 nitrogen and oxygen atoms in total. The molecule has 9 rings (SSSR count). The predicted molar refractivity (Wildman–Crippen MR) is 232 cm³/mol. The summed E-state index contributed by atoms with van der Waals surface area (Å²) < 4.78 is 2.25. The van der Waals surface area contributed by atoms with Gasteiger partial charge in [0.15, 0.2) is 0 Å². The first-order valence-corrected chi connectivity index (χ1v) is 18.8. The van der Waals surface area contributed by atoms with Crippen LogP contribution < -0.4 is 27.9 Å². The Balaban J connectivity index is 0.00000455. The normalized spacial score (nSPS) is 13.1. The first-order valence-electron chi connectivity index (χ1n) is 18.8. The molecule has 2 aliphatic heterocycles. The maximum absolute atomic E-state index is 5.33. The van der Waals surface area contributed by atoms with Crippen molar-refractivity contribution in [3.8, 4) is 45.6 Å². The van der Waals surface area contributed by atoms with Gasteiger partial charge in [0.05, 0.1) is 130 Å². The molecule has 1 radical (unpaired) electrons. The van der Waals surface area contributed by atoms with Gasteiger partial charge in [-0.1, -0.05) is 48.5 Å². The van der Waals surface area contributed by atoms with Crippen molar-refractivity contribution in [2.24, 2.45) is 0 Å². The van der Waals surface area contributed by atoms with Crippen LogP contribution in [0.1, 0.15) is 0 Å². The van der Waals surface area contributed by atoms with E-state index in [0.29, 0.717) is 63.8 Å². The van der Waals surface area contributed by atoms with E-state index in [-0.39, 0.29) is 16.8 Å². The second-order valence-electron chi connectivity index (χ2n) is 18.3. The Morgan fingerprint density at radius 3 is 1.02 bits per heavy atom. The van der Waals surface area contributed by atoms with Crippen LogP contribution in [0.4, 0.5) is 22.7 Å². The summed E-state index contributed by atoms with van der Waals surface area (Å²) in [6, 6.07) is 25.1. The minimum absolute atomic E-state index is 0. The van der Waals surface area contributed by atoms with Crippen molar-refractivity contribution in [2.75, 3.05) is 84.6 Å². The summed E-state index contributed by atoms with van der Waals surface area (Å²) in [6.07, 6.45) is 0. The largest absolute Gasteiger partial charge is 2.00 e. The van der Waals surface area contributed by atoms with Crippen LogP contribution in [0.3, 0.4) is 0 Å². The molecule has 4 aromatic carbocycles. The first-order chi connectivity index (χ1) is 26.3. The third kappa shape index (κ3) is 6.22. The predicted octanol–water partition coefficient (Wildman–Crippen LogP) is 6.91. The minimum atomic E-state index is 0. The van der Waals surface area contributed by atoms with E-state index in [0.717, 1.165) is 66.5 Å². The maximum atomic E-state index is 5.33. The molecular formula is C44H48CoN12+4. The molecular weight excluding hydrogens is 756 g/mol. The van der Waals surface area contributed by atoms with Crippen molar-refractivity contribution in [3.63, 3.8) is 0 Å². The zero-order valence-electron chi connectivity index (χ0n) is 34.6. The number of hydrogen-bond acceptors (Lipinski definition) is 6. The summed E-state index contributed by atoms with van der Waals surface area (Å²) in [5.74, 6) is 2.19. The molecule has 0 spiro atoms. The number of hydrogen-bond donors (Lipinski definition) is 0. The number of rotatable bonds is 4. The molecule has 13 heteroatoms. The van der Waals surface area contributed by atoms with Crippen molar-refractivity contribution in [1.29, 1.82) is 0 Å². The van der Waals surface area contributed by atoms with E-state index in [9.17, 15) is 0 Å². The molecule has 0 saturated heterocycles. The van der Waals surface area contributed by atoms with Gasteiger partial charge >= 0.3 is 16.8 Å².